The number of nitrogens with one attached hydrogen (secondary N) is 3. The number of carboxylic acids is 2. The van der Waals surface area contributed by atoms with Crippen LogP contribution >= 0.6 is 0 Å². The summed E-state index contributed by atoms with van der Waals surface area (Å²) in [5, 5.41) is 253. The summed E-state index contributed by atoms with van der Waals surface area (Å²) in [7, 11) is 0. The van der Waals surface area contributed by atoms with Gasteiger partial charge in [-0.1, -0.05) is 6.92 Å². The molecule has 14 bridgehead atoms. The Labute approximate surface area is 644 Å². The van der Waals surface area contributed by atoms with Crippen LogP contribution in [0.3, 0.4) is 0 Å². The number of nitrogens with zero attached hydrogens (tertiary/aromatic N) is 2. The number of carbonyl (C=O) groups excluding carboxylic acids is 4. The third kappa shape index (κ3) is 22.2. The van der Waals surface area contributed by atoms with Crippen molar-refractivity contribution in [1.29, 1.82) is 0 Å². The van der Waals surface area contributed by atoms with E-state index >= 15 is 0 Å². The molecule has 25 N–H and O–H groups in total. The molecule has 650 valence electrons. The summed E-state index contributed by atoms with van der Waals surface area (Å²) in [5.74, 6) is -6.65. The Balaban J connectivity index is 0.891. The van der Waals surface area contributed by atoms with Gasteiger partial charge in [0.05, 0.1) is 45.6 Å². The van der Waals surface area contributed by atoms with Crippen LogP contribution in [0.25, 0.3) is 0 Å². The van der Waals surface area contributed by atoms with Crippen LogP contribution in [0.2, 0.25) is 0 Å². The molecule has 0 aromatic rings. The zero-order valence-corrected chi connectivity index (χ0v) is 61.5. The van der Waals surface area contributed by atoms with Gasteiger partial charge in [-0.15, -0.1) is 0 Å². The lowest BCUT2D eigenvalue weighted by molar-refractivity contribution is -0.396. The average Bonchev–Trinajstić information content (AvgIpc) is 0.803. The predicted molar refractivity (Wildman–Crippen MR) is 359 cm³/mol. The van der Waals surface area contributed by atoms with Crippen LogP contribution in [0.15, 0.2) is 0 Å². The van der Waals surface area contributed by atoms with E-state index in [1.165, 1.54) is 0 Å². The molecule has 38 atom stereocenters. The number of ketones is 2. The van der Waals surface area contributed by atoms with Crippen LogP contribution in [0.1, 0.15) is 58.8 Å². The highest BCUT2D eigenvalue weighted by Gasteiger charge is 2.60. The molecule has 47 heteroatoms. The summed E-state index contributed by atoms with van der Waals surface area (Å²) >= 11 is 0. The fourth-order valence-corrected chi connectivity index (χ4v) is 14.9. The standard InChI is InChI=1S/C66H109N5O42/c1-3-4-34(80)68-57(59(98)99)69-35(81)7-10-71-12-11-70(16-23(71)2)9-6-26(79)14-24(58(96)97)13-25(78)5-8-67-15-27-50-36(82)43(89)60(100-27)108-51-28(17-72)102-62(45(91)38(51)84)110-53-30(19-74)104-64(47(93)40(53)86)112-55-32(21-76)106-66(49(95)42(55)88)113-56-33(22-77)105-65(48(94)41(56)87)111-54-31(20-75)103-63(46(92)39(54)85)109-52-29(18-73)101-61(107-50)44(90)37(52)83/h23-24,27-33,36-57,60-67,72-77,82-95H,3-22H2,1-2H3,(H,68,80)(H,69,81)(H,96,97)(H,98,99). The first-order valence-electron chi connectivity index (χ1n) is 37.3. The maximum absolute atomic E-state index is 13.5. The molecule has 0 spiro atoms. The number of aliphatic hydroxyl groups excluding tert-OH is 20. The second kappa shape index (κ2) is 42.1. The molecule has 0 saturated carbocycles. The Kier molecular flexibility index (Phi) is 34.5. The van der Waals surface area contributed by atoms with Gasteiger partial charge in [0.15, 0.2) is 44.0 Å². The third-order valence-electron chi connectivity index (χ3n) is 21.3. The molecule has 22 saturated heterocycles. The van der Waals surface area contributed by atoms with Crippen molar-refractivity contribution in [2.75, 3.05) is 85.5 Å². The van der Waals surface area contributed by atoms with Crippen molar-refractivity contribution in [3.8, 4) is 0 Å². The van der Waals surface area contributed by atoms with E-state index in [9.17, 15) is 141 Å². The number of hydrogen-bond donors (Lipinski definition) is 25. The lowest BCUT2D eigenvalue weighted by Gasteiger charge is -2.50. The SMILES string of the molecule is CCCC(=O)NC(NC(=O)CCN1CCN(CCC(=O)CC(CC(=O)CCNCC2OC3OC4C(CO)OC(OC5C(CO)OC(OC6C(CO)OC(OC7C(CO)OC(OC8C(CO)OC(OC9C(CO)OC(OC2C(O)C3O)C(O)C9O)C(O)C8O)C(O)C7O)C(O)C6O)C(O)C5O)C(O)C4O)C(=O)O)CC1C)C(=O)O. The number of hydrogen-bond acceptors (Lipinski definition) is 43. The Hall–Kier alpha value is -4.26. The van der Waals surface area contributed by atoms with Gasteiger partial charge in [0.1, 0.15) is 182 Å². The summed E-state index contributed by atoms with van der Waals surface area (Å²) in [6, 6.07) is -0.133. The summed E-state index contributed by atoms with van der Waals surface area (Å²) in [5.41, 5.74) is 0. The van der Waals surface area contributed by atoms with Gasteiger partial charge >= 0.3 is 11.9 Å². The van der Waals surface area contributed by atoms with Gasteiger partial charge in [0.25, 0.3) is 0 Å². The number of Topliss-reactive ketones (excluding diaryl/α,β-unsaturated/α-hetero) is 2. The molecule has 22 aliphatic rings. The molecular formula is C66H109N5O42. The van der Waals surface area contributed by atoms with Gasteiger partial charge in [0.2, 0.25) is 18.0 Å². The van der Waals surface area contributed by atoms with Gasteiger partial charge in [-0.05, 0) is 13.3 Å². The van der Waals surface area contributed by atoms with Crippen molar-refractivity contribution in [1.82, 2.24) is 25.8 Å². The van der Waals surface area contributed by atoms with E-state index in [0.717, 1.165) is 0 Å². The van der Waals surface area contributed by atoms with Crippen molar-refractivity contribution in [3.63, 3.8) is 0 Å². The van der Waals surface area contributed by atoms with Crippen LogP contribution in [-0.4, -0.2) is 470 Å². The minimum Gasteiger partial charge on any atom is -0.481 e. The molecule has 38 unspecified atom stereocenters. The van der Waals surface area contributed by atoms with Gasteiger partial charge in [-0.25, -0.2) is 4.79 Å². The van der Waals surface area contributed by atoms with Crippen molar-refractivity contribution >= 4 is 35.3 Å². The van der Waals surface area contributed by atoms with Gasteiger partial charge in [-0.3, -0.25) is 28.9 Å². The average molecular weight is 1640 g/mol. The van der Waals surface area contributed by atoms with E-state index in [1.54, 1.807) is 6.92 Å². The topological polar surface area (TPSA) is 719 Å². The Morgan fingerprint density at radius 2 is 0.655 bits per heavy atom. The monoisotopic (exact) mass is 1640 g/mol. The molecule has 0 aliphatic carbocycles. The van der Waals surface area contributed by atoms with Crippen molar-refractivity contribution in [2.45, 2.75) is 286 Å². The molecule has 47 nitrogen and oxygen atoms in total. The van der Waals surface area contributed by atoms with E-state index in [1.807, 2.05) is 16.7 Å². The fraction of sp³-hybridized carbons (Fsp3) is 0.909. The minimum absolute atomic E-state index is 0.0696. The first kappa shape index (κ1) is 92.6. The number of ether oxygens (including phenoxy) is 14. The largest absolute Gasteiger partial charge is 0.481 e. The van der Waals surface area contributed by atoms with Crippen molar-refractivity contribution in [2.24, 2.45) is 5.92 Å². The minimum atomic E-state index is -2.33. The van der Waals surface area contributed by atoms with E-state index in [0.29, 0.717) is 26.1 Å². The molecule has 0 radical (unpaired) electrons. The molecular weight excluding hydrogens is 1530 g/mol. The summed E-state index contributed by atoms with van der Waals surface area (Å²) in [6.07, 6.45) is -75.8. The highest BCUT2D eigenvalue weighted by Crippen LogP contribution is 2.39. The van der Waals surface area contributed by atoms with Crippen LogP contribution in [0, 0.1) is 5.92 Å². The van der Waals surface area contributed by atoms with Crippen molar-refractivity contribution in [3.05, 3.63) is 0 Å². The number of amides is 2. The summed E-state index contributed by atoms with van der Waals surface area (Å²) < 4.78 is 81.5. The van der Waals surface area contributed by atoms with Crippen molar-refractivity contribution < 1.29 is 207 Å². The zero-order chi connectivity index (χ0) is 82.7. The van der Waals surface area contributed by atoms with Gasteiger partial charge in [0, 0.05) is 90.4 Å². The van der Waals surface area contributed by atoms with E-state index in [4.69, 9.17) is 66.3 Å². The van der Waals surface area contributed by atoms with Crippen LogP contribution in [0.5, 0.6) is 0 Å². The number of aliphatic carboxylic acids is 2. The second-order valence-electron chi connectivity index (χ2n) is 29.3. The number of carboxylic acid groups (broad SMARTS) is 2. The maximum atomic E-state index is 13.5. The van der Waals surface area contributed by atoms with Gasteiger partial charge < -0.3 is 200 Å². The number of piperazine rings is 1. The lowest BCUT2D eigenvalue weighted by Crippen LogP contribution is -2.68. The normalized spacial score (nSPS) is 43.7. The predicted octanol–water partition coefficient (Wildman–Crippen LogP) is -15.4. The lowest BCUT2D eigenvalue weighted by atomic mass is 9.94. The highest BCUT2D eigenvalue weighted by atomic mass is 16.8. The quantitative estimate of drug-likeness (QED) is 0.0268. The Morgan fingerprint density at radius 1 is 0.363 bits per heavy atom. The second-order valence-corrected chi connectivity index (χ2v) is 29.3. The van der Waals surface area contributed by atoms with Crippen LogP contribution in [0.4, 0.5) is 0 Å². The van der Waals surface area contributed by atoms with E-state index in [2.05, 4.69) is 16.0 Å². The zero-order valence-electron chi connectivity index (χ0n) is 61.5. The molecule has 0 aromatic heterocycles. The summed E-state index contributed by atoms with van der Waals surface area (Å²) in [6.45, 7) is -2.11. The Bertz CT molecular complexity index is 3020. The van der Waals surface area contributed by atoms with Gasteiger partial charge in [-0.2, -0.15) is 0 Å². The van der Waals surface area contributed by atoms with Crippen LogP contribution in [-0.2, 0) is 95.1 Å². The molecule has 0 aromatic carbocycles. The number of aliphatic hydroxyl groups is 20. The number of rotatable bonds is 27. The molecule has 113 heavy (non-hydrogen) atoms. The Morgan fingerprint density at radius 3 is 0.938 bits per heavy atom. The van der Waals surface area contributed by atoms with E-state index in [-0.39, 0.29) is 44.9 Å². The smallest absolute Gasteiger partial charge is 0.347 e. The molecule has 22 aliphatic heterocycles. The van der Waals surface area contributed by atoms with E-state index < -0.39 is 328 Å². The first-order chi connectivity index (χ1) is 53.7. The molecule has 22 rings (SSSR count). The highest BCUT2D eigenvalue weighted by molar-refractivity contribution is 5.89. The number of carbonyl (C=O) groups is 6. The first-order valence-corrected chi connectivity index (χ1v) is 37.3. The molecule has 22 heterocycles. The van der Waals surface area contributed by atoms with Crippen LogP contribution < -0.4 is 16.0 Å². The maximum Gasteiger partial charge on any atom is 0.347 e. The molecule has 22 fully saturated rings. The summed E-state index contributed by atoms with van der Waals surface area (Å²) in [4.78, 5) is 79.6. The third-order valence-corrected chi connectivity index (χ3v) is 21.3. The fourth-order valence-electron chi connectivity index (χ4n) is 14.9. The molecule has 2 amide bonds.